The van der Waals surface area contributed by atoms with Crippen LogP contribution in [0.5, 0.6) is 0 Å². The number of hydrogen-bond acceptors (Lipinski definition) is 5. The molecule has 0 saturated heterocycles. The lowest BCUT2D eigenvalue weighted by molar-refractivity contribution is -0.385. The third-order valence-electron chi connectivity index (χ3n) is 2.46. The van der Waals surface area contributed by atoms with E-state index in [2.05, 4.69) is 10.5 Å². The normalized spacial score (nSPS) is 10.7. The highest BCUT2D eigenvalue weighted by molar-refractivity contribution is 5.98. The topological polar surface area (TPSA) is 97.7 Å². The van der Waals surface area contributed by atoms with Crippen LogP contribution in [0.15, 0.2) is 45.9 Å². The second-order valence-electron chi connectivity index (χ2n) is 3.92. The fourth-order valence-electron chi connectivity index (χ4n) is 1.56. The molecule has 1 aromatic carbocycles. The average molecular weight is 273 g/mol. The van der Waals surface area contributed by atoms with Crippen molar-refractivity contribution in [1.29, 1.82) is 0 Å². The average Bonchev–Trinajstić information content (AvgIpc) is 2.84. The summed E-state index contributed by atoms with van der Waals surface area (Å²) in [5.41, 5.74) is 1.90. The largest absolute Gasteiger partial charge is 0.460 e. The number of carbonyl (C=O) groups is 1. The van der Waals surface area contributed by atoms with Crippen LogP contribution >= 0.6 is 0 Å². The van der Waals surface area contributed by atoms with Crippen LogP contribution in [0.3, 0.4) is 0 Å². The zero-order chi connectivity index (χ0) is 14.5. The lowest BCUT2D eigenvalue weighted by Crippen LogP contribution is -2.18. The van der Waals surface area contributed by atoms with Crippen molar-refractivity contribution in [3.05, 3.63) is 63.6 Å². The molecule has 1 heterocycles. The number of aryl methyl sites for hydroxylation is 1. The molecule has 0 atom stereocenters. The minimum absolute atomic E-state index is 0.0507. The summed E-state index contributed by atoms with van der Waals surface area (Å²) >= 11 is 0. The maximum atomic E-state index is 11.8. The van der Waals surface area contributed by atoms with Gasteiger partial charge in [0.05, 0.1) is 11.1 Å². The molecule has 0 fully saturated rings. The van der Waals surface area contributed by atoms with Crippen molar-refractivity contribution in [3.63, 3.8) is 0 Å². The van der Waals surface area contributed by atoms with Crippen LogP contribution in [0.1, 0.15) is 21.9 Å². The van der Waals surface area contributed by atoms with Crippen LogP contribution < -0.4 is 5.43 Å². The predicted octanol–water partition coefficient (Wildman–Crippen LogP) is 2.26. The monoisotopic (exact) mass is 273 g/mol. The molecule has 20 heavy (non-hydrogen) atoms. The maximum Gasteiger partial charge on any atom is 0.282 e. The molecule has 7 nitrogen and oxygen atoms in total. The van der Waals surface area contributed by atoms with Gasteiger partial charge in [-0.05, 0) is 25.1 Å². The van der Waals surface area contributed by atoms with E-state index in [1.54, 1.807) is 25.1 Å². The van der Waals surface area contributed by atoms with Gasteiger partial charge in [-0.3, -0.25) is 14.9 Å². The molecule has 0 aliphatic carbocycles. The van der Waals surface area contributed by atoms with Crippen molar-refractivity contribution in [2.45, 2.75) is 6.92 Å². The SMILES string of the molecule is Cc1ccc(/C=N/NC(=O)c2ccccc2[N+](=O)[O-])o1. The highest BCUT2D eigenvalue weighted by Gasteiger charge is 2.18. The fourth-order valence-corrected chi connectivity index (χ4v) is 1.56. The molecule has 1 amide bonds. The Balaban J connectivity index is 2.09. The zero-order valence-corrected chi connectivity index (χ0v) is 10.6. The highest BCUT2D eigenvalue weighted by Crippen LogP contribution is 2.17. The van der Waals surface area contributed by atoms with E-state index in [1.165, 1.54) is 24.4 Å². The molecule has 0 unspecified atom stereocenters. The van der Waals surface area contributed by atoms with E-state index < -0.39 is 10.8 Å². The van der Waals surface area contributed by atoms with E-state index in [1.807, 2.05) is 0 Å². The molecule has 1 aromatic heterocycles. The summed E-state index contributed by atoms with van der Waals surface area (Å²) in [7, 11) is 0. The molecule has 2 aromatic rings. The van der Waals surface area contributed by atoms with Crippen molar-refractivity contribution < 1.29 is 14.1 Å². The molecule has 7 heteroatoms. The molecule has 0 bridgehead atoms. The van der Waals surface area contributed by atoms with Crippen molar-refractivity contribution in [2.24, 2.45) is 5.10 Å². The molecule has 0 saturated carbocycles. The van der Waals surface area contributed by atoms with Crippen molar-refractivity contribution in [3.8, 4) is 0 Å². The zero-order valence-electron chi connectivity index (χ0n) is 10.6. The Morgan fingerprint density at radius 2 is 2.10 bits per heavy atom. The van der Waals surface area contributed by atoms with Gasteiger partial charge >= 0.3 is 0 Å². The predicted molar refractivity (Wildman–Crippen MR) is 71.6 cm³/mol. The van der Waals surface area contributed by atoms with E-state index in [4.69, 9.17) is 4.42 Å². The summed E-state index contributed by atoms with van der Waals surface area (Å²) < 4.78 is 5.22. The van der Waals surface area contributed by atoms with Crippen LogP contribution in [0.4, 0.5) is 5.69 Å². The summed E-state index contributed by atoms with van der Waals surface area (Å²) in [5.74, 6) is 0.540. The number of carbonyl (C=O) groups excluding carboxylic acids is 1. The van der Waals surface area contributed by atoms with Crippen molar-refractivity contribution in [2.75, 3.05) is 0 Å². The minimum atomic E-state index is -0.656. The van der Waals surface area contributed by atoms with E-state index in [-0.39, 0.29) is 11.3 Å². The lowest BCUT2D eigenvalue weighted by Gasteiger charge is -2.00. The van der Waals surface area contributed by atoms with Gasteiger partial charge in [0.2, 0.25) is 0 Å². The molecule has 1 N–H and O–H groups in total. The van der Waals surface area contributed by atoms with E-state index in [0.717, 1.165) is 5.76 Å². The van der Waals surface area contributed by atoms with E-state index >= 15 is 0 Å². The summed E-state index contributed by atoms with van der Waals surface area (Å²) in [6.45, 7) is 1.78. The quantitative estimate of drug-likeness (QED) is 0.524. The van der Waals surface area contributed by atoms with Gasteiger partial charge < -0.3 is 4.42 Å². The third kappa shape index (κ3) is 3.08. The minimum Gasteiger partial charge on any atom is -0.460 e. The summed E-state index contributed by atoms with van der Waals surface area (Å²) in [6.07, 6.45) is 1.32. The van der Waals surface area contributed by atoms with Gasteiger partial charge in [0.15, 0.2) is 0 Å². The maximum absolute atomic E-state index is 11.8. The van der Waals surface area contributed by atoms with Gasteiger partial charge in [0.1, 0.15) is 17.1 Å². The number of furan rings is 1. The van der Waals surface area contributed by atoms with Crippen molar-refractivity contribution in [1.82, 2.24) is 5.43 Å². The number of amides is 1. The smallest absolute Gasteiger partial charge is 0.282 e. The van der Waals surface area contributed by atoms with Crippen LogP contribution in [-0.4, -0.2) is 17.0 Å². The first-order valence-electron chi connectivity index (χ1n) is 5.71. The number of hydrogen-bond donors (Lipinski definition) is 1. The summed E-state index contributed by atoms with van der Waals surface area (Å²) in [6, 6.07) is 9.10. The standard InChI is InChI=1S/C13H11N3O4/c1-9-6-7-10(20-9)8-14-15-13(17)11-4-2-3-5-12(11)16(18)19/h2-8H,1H3,(H,15,17)/b14-8+. The van der Waals surface area contributed by atoms with Gasteiger partial charge in [0, 0.05) is 6.07 Å². The third-order valence-corrected chi connectivity index (χ3v) is 2.46. The Labute approximate surface area is 114 Å². The number of nitrogens with zero attached hydrogens (tertiary/aromatic N) is 2. The lowest BCUT2D eigenvalue weighted by atomic mass is 10.2. The van der Waals surface area contributed by atoms with Gasteiger partial charge in [-0.1, -0.05) is 12.1 Å². The number of hydrazone groups is 1. The van der Waals surface area contributed by atoms with Crippen LogP contribution in [-0.2, 0) is 0 Å². The highest BCUT2D eigenvalue weighted by atomic mass is 16.6. The molecular formula is C13H11N3O4. The Morgan fingerprint density at radius 3 is 2.75 bits per heavy atom. The number of nitro groups is 1. The Morgan fingerprint density at radius 1 is 1.35 bits per heavy atom. The van der Waals surface area contributed by atoms with Crippen LogP contribution in [0.25, 0.3) is 0 Å². The number of para-hydroxylation sites is 1. The van der Waals surface area contributed by atoms with Crippen molar-refractivity contribution >= 4 is 17.8 Å². The molecular weight excluding hydrogens is 262 g/mol. The Bertz CT molecular complexity index is 676. The van der Waals surface area contributed by atoms with Gasteiger partial charge in [-0.2, -0.15) is 5.10 Å². The first kappa shape index (κ1) is 13.5. The van der Waals surface area contributed by atoms with Crippen LogP contribution in [0, 0.1) is 17.0 Å². The molecule has 0 aliphatic heterocycles. The van der Waals surface area contributed by atoms with E-state index in [9.17, 15) is 14.9 Å². The molecule has 0 aliphatic rings. The summed E-state index contributed by atoms with van der Waals surface area (Å²) in [5, 5.41) is 14.5. The molecule has 102 valence electrons. The van der Waals surface area contributed by atoms with Crippen LogP contribution in [0.2, 0.25) is 0 Å². The Hall–Kier alpha value is -2.96. The summed E-state index contributed by atoms with van der Waals surface area (Å²) in [4.78, 5) is 22.0. The second-order valence-corrected chi connectivity index (χ2v) is 3.92. The van der Waals surface area contributed by atoms with Gasteiger partial charge in [-0.25, -0.2) is 5.43 Å². The second kappa shape index (κ2) is 5.79. The first-order valence-corrected chi connectivity index (χ1v) is 5.71. The molecule has 0 radical (unpaired) electrons. The molecule has 0 spiro atoms. The van der Waals surface area contributed by atoms with Gasteiger partial charge in [-0.15, -0.1) is 0 Å². The Kier molecular flexibility index (Phi) is 3.90. The first-order chi connectivity index (χ1) is 9.58. The number of nitrogens with one attached hydrogen (secondary N) is 1. The molecule has 2 rings (SSSR count). The number of benzene rings is 1. The fraction of sp³-hybridized carbons (Fsp3) is 0.0769. The number of rotatable bonds is 4. The number of nitro benzene ring substituents is 1. The van der Waals surface area contributed by atoms with Gasteiger partial charge in [0.25, 0.3) is 11.6 Å². The van der Waals surface area contributed by atoms with E-state index in [0.29, 0.717) is 5.76 Å².